The number of benzene rings is 2. The fraction of sp³-hybridized carbons (Fsp3) is 0.273. The lowest BCUT2D eigenvalue weighted by Gasteiger charge is -2.10. The number of carbonyl (C=O) groups is 1. The monoisotopic (exact) mass is 412 g/mol. The summed E-state index contributed by atoms with van der Waals surface area (Å²) in [6.45, 7) is 7.51. The van der Waals surface area contributed by atoms with Gasteiger partial charge in [-0.2, -0.15) is 0 Å². The molecule has 0 aliphatic carbocycles. The molecule has 0 atom stereocenters. The lowest BCUT2D eigenvalue weighted by molar-refractivity contribution is -0.115. The number of ether oxygens (including phenoxy) is 3. The highest BCUT2D eigenvalue weighted by molar-refractivity contribution is 8.18. The van der Waals surface area contributed by atoms with Crippen LogP contribution in [-0.4, -0.2) is 30.9 Å². The number of nitrogens with one attached hydrogen (secondary N) is 1. The van der Waals surface area contributed by atoms with Crippen molar-refractivity contribution in [1.82, 2.24) is 5.32 Å². The predicted octanol–water partition coefficient (Wildman–Crippen LogP) is 4.77. The molecule has 2 aromatic rings. The molecule has 1 heterocycles. The van der Waals surface area contributed by atoms with Crippen molar-refractivity contribution < 1.29 is 19.0 Å². The Morgan fingerprint density at radius 1 is 0.931 bits per heavy atom. The van der Waals surface area contributed by atoms with Crippen LogP contribution in [-0.2, 0) is 4.79 Å². The third-order valence-electron chi connectivity index (χ3n) is 3.91. The molecular weight excluding hydrogens is 388 g/mol. The van der Waals surface area contributed by atoms with Gasteiger partial charge < -0.3 is 19.5 Å². The van der Waals surface area contributed by atoms with Gasteiger partial charge in [0.25, 0.3) is 5.91 Å². The van der Waals surface area contributed by atoms with Crippen LogP contribution in [0.4, 0.5) is 5.69 Å². The molecular formula is C22H24N2O4S. The number of rotatable bonds is 8. The summed E-state index contributed by atoms with van der Waals surface area (Å²) in [6.07, 6.45) is 1.81. The quantitative estimate of drug-likeness (QED) is 0.632. The molecule has 1 aliphatic rings. The van der Waals surface area contributed by atoms with E-state index in [-0.39, 0.29) is 5.91 Å². The van der Waals surface area contributed by atoms with Gasteiger partial charge in [0.1, 0.15) is 17.2 Å². The smallest absolute Gasteiger partial charge is 0.264 e. The van der Waals surface area contributed by atoms with Gasteiger partial charge in [-0.15, -0.1) is 0 Å². The molecule has 0 radical (unpaired) electrons. The Labute approximate surface area is 175 Å². The topological polar surface area (TPSA) is 69.2 Å². The highest BCUT2D eigenvalue weighted by atomic mass is 32.2. The zero-order chi connectivity index (χ0) is 20.6. The van der Waals surface area contributed by atoms with Gasteiger partial charge in [-0.1, -0.05) is 0 Å². The number of amidine groups is 1. The molecule has 3 rings (SSSR count). The van der Waals surface area contributed by atoms with Gasteiger partial charge in [0.2, 0.25) is 0 Å². The minimum Gasteiger partial charge on any atom is -0.494 e. The first-order valence-corrected chi connectivity index (χ1v) is 10.4. The molecule has 0 unspecified atom stereocenters. The highest BCUT2D eigenvalue weighted by Gasteiger charge is 2.24. The number of nitrogens with zero attached hydrogens (tertiary/aromatic N) is 1. The maximum absolute atomic E-state index is 12.4. The van der Waals surface area contributed by atoms with Crippen molar-refractivity contribution in [3.8, 4) is 17.2 Å². The van der Waals surface area contributed by atoms with Crippen molar-refractivity contribution in [3.05, 3.63) is 52.9 Å². The Hall–Kier alpha value is -2.93. The molecule has 0 saturated carbocycles. The van der Waals surface area contributed by atoms with Crippen LogP contribution in [0.5, 0.6) is 17.2 Å². The van der Waals surface area contributed by atoms with Gasteiger partial charge in [-0.25, -0.2) is 4.99 Å². The fourth-order valence-electron chi connectivity index (χ4n) is 2.69. The second kappa shape index (κ2) is 10.0. The van der Waals surface area contributed by atoms with Crippen LogP contribution in [0, 0.1) is 0 Å². The van der Waals surface area contributed by atoms with Crippen LogP contribution >= 0.6 is 11.8 Å². The van der Waals surface area contributed by atoms with E-state index in [0.717, 1.165) is 22.7 Å². The van der Waals surface area contributed by atoms with Gasteiger partial charge in [-0.05, 0) is 75.0 Å². The molecule has 1 saturated heterocycles. The van der Waals surface area contributed by atoms with Crippen molar-refractivity contribution in [2.75, 3.05) is 19.8 Å². The third kappa shape index (κ3) is 5.54. The SMILES string of the molecule is CCOc1ccc(N=C2NC(=O)/C(=C\c3ccc(OCC)cc3OCC)S2)cc1. The average molecular weight is 413 g/mol. The van der Waals surface area contributed by atoms with Crippen molar-refractivity contribution in [2.45, 2.75) is 20.8 Å². The Morgan fingerprint density at radius 3 is 2.28 bits per heavy atom. The zero-order valence-corrected chi connectivity index (χ0v) is 17.5. The standard InChI is InChI=1S/C22H24N2O4S/c1-4-26-17-11-8-16(9-12-17)23-22-24-21(25)20(29-22)13-15-7-10-18(27-5-2)14-19(15)28-6-3/h7-14H,4-6H2,1-3H3,(H,23,24,25)/b20-13+. The number of hydrogen-bond donors (Lipinski definition) is 1. The van der Waals surface area contributed by atoms with E-state index < -0.39 is 0 Å². The minimum atomic E-state index is -0.184. The van der Waals surface area contributed by atoms with E-state index in [0.29, 0.717) is 35.6 Å². The van der Waals surface area contributed by atoms with Gasteiger partial charge in [0.05, 0.1) is 30.4 Å². The average Bonchev–Trinajstić information content (AvgIpc) is 3.05. The summed E-state index contributed by atoms with van der Waals surface area (Å²) in [6, 6.07) is 13.0. The number of thioether (sulfide) groups is 1. The first-order chi connectivity index (χ1) is 14.1. The van der Waals surface area contributed by atoms with Crippen LogP contribution in [0.2, 0.25) is 0 Å². The van der Waals surface area contributed by atoms with Crippen LogP contribution in [0.1, 0.15) is 26.3 Å². The second-order valence-corrected chi connectivity index (χ2v) is 7.00. The van der Waals surface area contributed by atoms with Crippen LogP contribution in [0.3, 0.4) is 0 Å². The first kappa shape index (κ1) is 20.8. The highest BCUT2D eigenvalue weighted by Crippen LogP contribution is 2.32. The van der Waals surface area contributed by atoms with E-state index in [1.165, 1.54) is 11.8 Å². The molecule has 7 heteroatoms. The molecule has 0 spiro atoms. The molecule has 6 nitrogen and oxygen atoms in total. The second-order valence-electron chi connectivity index (χ2n) is 5.97. The van der Waals surface area contributed by atoms with E-state index in [4.69, 9.17) is 14.2 Å². The molecule has 0 aromatic heterocycles. The molecule has 1 fully saturated rings. The van der Waals surface area contributed by atoms with Gasteiger partial charge in [0, 0.05) is 11.6 Å². The van der Waals surface area contributed by atoms with Crippen LogP contribution in [0.15, 0.2) is 52.4 Å². The van der Waals surface area contributed by atoms with Gasteiger partial charge >= 0.3 is 0 Å². The molecule has 2 aromatic carbocycles. The first-order valence-electron chi connectivity index (χ1n) is 9.55. The maximum atomic E-state index is 12.4. The van der Waals surface area contributed by atoms with Crippen molar-refractivity contribution in [1.29, 1.82) is 0 Å². The van der Waals surface area contributed by atoms with Gasteiger partial charge in [0.15, 0.2) is 5.17 Å². The van der Waals surface area contributed by atoms with E-state index in [2.05, 4.69) is 10.3 Å². The van der Waals surface area contributed by atoms with E-state index in [1.54, 1.807) is 6.08 Å². The Balaban J connectivity index is 1.79. The molecule has 1 N–H and O–H groups in total. The molecule has 0 bridgehead atoms. The largest absolute Gasteiger partial charge is 0.494 e. The molecule has 1 amide bonds. The van der Waals surface area contributed by atoms with Gasteiger partial charge in [-0.3, -0.25) is 4.79 Å². The number of amides is 1. The zero-order valence-electron chi connectivity index (χ0n) is 16.7. The number of hydrogen-bond acceptors (Lipinski definition) is 6. The van der Waals surface area contributed by atoms with E-state index in [1.807, 2.05) is 63.2 Å². The lowest BCUT2D eigenvalue weighted by atomic mass is 10.1. The Kier molecular flexibility index (Phi) is 7.19. The summed E-state index contributed by atoms with van der Waals surface area (Å²) >= 11 is 1.30. The third-order valence-corrected chi connectivity index (χ3v) is 4.82. The summed E-state index contributed by atoms with van der Waals surface area (Å²) in [5.74, 6) is 2.02. The summed E-state index contributed by atoms with van der Waals surface area (Å²) in [7, 11) is 0. The van der Waals surface area contributed by atoms with Crippen molar-refractivity contribution >= 4 is 34.6 Å². The predicted molar refractivity (Wildman–Crippen MR) is 117 cm³/mol. The summed E-state index contributed by atoms with van der Waals surface area (Å²) in [5.41, 5.74) is 1.56. The molecule has 29 heavy (non-hydrogen) atoms. The Morgan fingerprint density at radius 2 is 1.59 bits per heavy atom. The summed E-state index contributed by atoms with van der Waals surface area (Å²) in [5, 5.41) is 3.34. The van der Waals surface area contributed by atoms with Crippen molar-refractivity contribution in [2.24, 2.45) is 4.99 Å². The fourth-order valence-corrected chi connectivity index (χ4v) is 3.53. The molecule has 152 valence electrons. The minimum absolute atomic E-state index is 0.184. The number of aliphatic imine (C=N–C) groups is 1. The molecule has 1 aliphatic heterocycles. The Bertz CT molecular complexity index is 923. The van der Waals surface area contributed by atoms with Crippen LogP contribution in [0.25, 0.3) is 6.08 Å². The normalized spacial score (nSPS) is 16.2. The van der Waals surface area contributed by atoms with Crippen LogP contribution < -0.4 is 19.5 Å². The summed E-state index contributed by atoms with van der Waals surface area (Å²) < 4.78 is 16.7. The summed E-state index contributed by atoms with van der Waals surface area (Å²) in [4.78, 5) is 17.4. The number of carbonyl (C=O) groups excluding carboxylic acids is 1. The van der Waals surface area contributed by atoms with E-state index >= 15 is 0 Å². The maximum Gasteiger partial charge on any atom is 0.264 e. The lowest BCUT2D eigenvalue weighted by Crippen LogP contribution is -2.19. The van der Waals surface area contributed by atoms with E-state index in [9.17, 15) is 4.79 Å². The van der Waals surface area contributed by atoms with Crippen molar-refractivity contribution in [3.63, 3.8) is 0 Å².